The van der Waals surface area contributed by atoms with Gasteiger partial charge in [0.05, 0.1) is 19.3 Å². The predicted octanol–water partition coefficient (Wildman–Crippen LogP) is 3.71. The van der Waals surface area contributed by atoms with Crippen LogP contribution >= 0.6 is 0 Å². The van der Waals surface area contributed by atoms with Gasteiger partial charge in [0.1, 0.15) is 0 Å². The number of hydrogen-bond donors (Lipinski definition) is 0. The fourth-order valence-corrected chi connectivity index (χ4v) is 2.72. The molecule has 25 heavy (non-hydrogen) atoms. The summed E-state index contributed by atoms with van der Waals surface area (Å²) in [5, 5.41) is 1.24. The van der Waals surface area contributed by atoms with Crippen molar-refractivity contribution in [2.24, 2.45) is 5.92 Å². The minimum Gasteiger partial charge on any atom is -0.462 e. The highest BCUT2D eigenvalue weighted by Gasteiger charge is 2.20. The molecule has 5 nitrogen and oxygen atoms in total. The minimum absolute atomic E-state index is 0.0816. The molecule has 138 valence electrons. The van der Waals surface area contributed by atoms with Crippen LogP contribution in [0.5, 0.6) is 0 Å². The monoisotopic (exact) mass is 347 g/mol. The largest absolute Gasteiger partial charge is 0.462 e. The molecule has 0 saturated carbocycles. The molecule has 5 heteroatoms. The maximum absolute atomic E-state index is 12.2. The number of nitrogens with zero attached hydrogens (tertiary/aromatic N) is 1. The third-order valence-corrected chi connectivity index (χ3v) is 4.13. The Morgan fingerprint density at radius 2 is 2.08 bits per heavy atom. The molecular formula is C20H29NO4. The van der Waals surface area contributed by atoms with E-state index in [2.05, 4.69) is 6.58 Å². The van der Waals surface area contributed by atoms with Crippen molar-refractivity contribution in [2.75, 3.05) is 20.8 Å². The van der Waals surface area contributed by atoms with E-state index in [1.807, 2.05) is 25.1 Å². The zero-order valence-corrected chi connectivity index (χ0v) is 15.7. The number of carbonyl (C=O) groups excluding carboxylic acids is 2. The number of carbonyl (C=O) groups is 2. The van der Waals surface area contributed by atoms with Gasteiger partial charge < -0.3 is 4.74 Å². The molecule has 0 aliphatic heterocycles. The van der Waals surface area contributed by atoms with E-state index in [9.17, 15) is 9.59 Å². The normalized spacial score (nSPS) is 11.7. The first kappa shape index (κ1) is 20.9. The van der Waals surface area contributed by atoms with Gasteiger partial charge in [-0.2, -0.15) is 0 Å². The lowest BCUT2D eigenvalue weighted by Crippen LogP contribution is -2.28. The number of ether oxygens (including phenoxy) is 1. The van der Waals surface area contributed by atoms with Crippen molar-refractivity contribution in [3.63, 3.8) is 0 Å². The third kappa shape index (κ3) is 6.70. The highest BCUT2D eigenvalue weighted by molar-refractivity contribution is 5.91. The van der Waals surface area contributed by atoms with E-state index in [4.69, 9.17) is 9.57 Å². The molecule has 0 N–H and O–H groups in total. The second-order valence-electron chi connectivity index (χ2n) is 6.10. The summed E-state index contributed by atoms with van der Waals surface area (Å²) >= 11 is 0. The quantitative estimate of drug-likeness (QED) is 0.368. The lowest BCUT2D eigenvalue weighted by Gasteiger charge is -2.21. The molecule has 1 unspecified atom stereocenters. The Hall–Kier alpha value is -2.14. The van der Waals surface area contributed by atoms with Gasteiger partial charge in [-0.15, -0.1) is 6.58 Å². The maximum atomic E-state index is 12.2. The molecule has 0 aliphatic carbocycles. The van der Waals surface area contributed by atoms with Gasteiger partial charge in [-0.1, -0.05) is 23.8 Å². The SMILES string of the molecule is C=CCCC(CC(=O)N(C)OC)Cc1cc(C)ccc1C(=O)OCC. The van der Waals surface area contributed by atoms with Gasteiger partial charge in [-0.25, -0.2) is 9.86 Å². The molecule has 0 heterocycles. The predicted molar refractivity (Wildman–Crippen MR) is 98.2 cm³/mol. The molecule has 0 aromatic heterocycles. The average molecular weight is 347 g/mol. The van der Waals surface area contributed by atoms with Crippen molar-refractivity contribution in [1.29, 1.82) is 0 Å². The van der Waals surface area contributed by atoms with Crippen LogP contribution in [0.3, 0.4) is 0 Å². The zero-order chi connectivity index (χ0) is 18.8. The number of hydroxylamine groups is 2. The van der Waals surface area contributed by atoms with E-state index in [-0.39, 0.29) is 17.8 Å². The number of aryl methyl sites for hydroxylation is 1. The van der Waals surface area contributed by atoms with Crippen LogP contribution in [-0.4, -0.2) is 37.7 Å². The Kier molecular flexibility index (Phi) is 8.92. The van der Waals surface area contributed by atoms with Gasteiger partial charge in [0, 0.05) is 13.5 Å². The smallest absolute Gasteiger partial charge is 0.338 e. The van der Waals surface area contributed by atoms with Crippen LogP contribution in [0.1, 0.15) is 47.7 Å². The van der Waals surface area contributed by atoms with Crippen LogP contribution in [0.2, 0.25) is 0 Å². The first-order chi connectivity index (χ1) is 11.9. The first-order valence-electron chi connectivity index (χ1n) is 8.61. The first-order valence-corrected chi connectivity index (χ1v) is 8.61. The Bertz CT molecular complexity index is 597. The summed E-state index contributed by atoms with van der Waals surface area (Å²) in [6.07, 6.45) is 4.47. The fourth-order valence-electron chi connectivity index (χ4n) is 2.72. The summed E-state index contributed by atoms with van der Waals surface area (Å²) in [6, 6.07) is 5.70. The molecule has 1 aromatic carbocycles. The topological polar surface area (TPSA) is 55.8 Å². The molecule has 0 saturated heterocycles. The molecule has 0 spiro atoms. The van der Waals surface area contributed by atoms with E-state index >= 15 is 0 Å². The number of allylic oxidation sites excluding steroid dienone is 1. The molecule has 1 rings (SSSR count). The number of hydrogen-bond acceptors (Lipinski definition) is 4. The van der Waals surface area contributed by atoms with Gasteiger partial charge in [-0.05, 0) is 50.7 Å². The van der Waals surface area contributed by atoms with Gasteiger partial charge >= 0.3 is 5.97 Å². The molecule has 0 bridgehead atoms. The molecule has 1 atom stereocenters. The number of amides is 1. The lowest BCUT2D eigenvalue weighted by molar-refractivity contribution is -0.169. The molecule has 0 fully saturated rings. The molecule has 1 amide bonds. The highest BCUT2D eigenvalue weighted by atomic mass is 16.7. The summed E-state index contributed by atoms with van der Waals surface area (Å²) in [6.45, 7) is 7.87. The Morgan fingerprint density at radius 3 is 2.68 bits per heavy atom. The standard InChI is InChI=1S/C20H29NO4/c1-6-8-9-16(14-19(22)21(4)24-5)13-17-12-15(3)10-11-18(17)20(23)25-7-2/h6,10-12,16H,1,7-9,13-14H2,2-5H3. The van der Waals surface area contributed by atoms with Crippen molar-refractivity contribution < 1.29 is 19.2 Å². The van der Waals surface area contributed by atoms with Crippen LogP contribution in [-0.2, 0) is 20.8 Å². The van der Waals surface area contributed by atoms with E-state index in [1.165, 1.54) is 12.2 Å². The summed E-state index contributed by atoms with van der Waals surface area (Å²) in [5.41, 5.74) is 2.56. The van der Waals surface area contributed by atoms with Gasteiger partial charge in [0.15, 0.2) is 0 Å². The number of rotatable bonds is 10. The summed E-state index contributed by atoms with van der Waals surface area (Å²) in [5.74, 6) is -0.305. The van der Waals surface area contributed by atoms with Crippen molar-refractivity contribution >= 4 is 11.9 Å². The summed E-state index contributed by atoms with van der Waals surface area (Å²) in [4.78, 5) is 29.4. The third-order valence-electron chi connectivity index (χ3n) is 4.13. The van der Waals surface area contributed by atoms with E-state index in [1.54, 1.807) is 20.0 Å². The Balaban J connectivity index is 3.01. The Labute approximate surface area is 150 Å². The van der Waals surface area contributed by atoms with Crippen LogP contribution < -0.4 is 0 Å². The van der Waals surface area contributed by atoms with Gasteiger partial charge in [-0.3, -0.25) is 9.63 Å². The molecule has 1 aromatic rings. The van der Waals surface area contributed by atoms with Crippen molar-refractivity contribution in [3.05, 3.63) is 47.5 Å². The van der Waals surface area contributed by atoms with Crippen LogP contribution in [0.15, 0.2) is 30.9 Å². The molecule has 0 aliphatic rings. The van der Waals surface area contributed by atoms with Crippen LogP contribution in [0, 0.1) is 12.8 Å². The Morgan fingerprint density at radius 1 is 1.36 bits per heavy atom. The van der Waals surface area contributed by atoms with Gasteiger partial charge in [0.25, 0.3) is 0 Å². The second kappa shape index (κ2) is 10.7. The lowest BCUT2D eigenvalue weighted by atomic mass is 9.88. The number of esters is 1. The molecule has 0 radical (unpaired) electrons. The van der Waals surface area contributed by atoms with Crippen LogP contribution in [0.4, 0.5) is 0 Å². The maximum Gasteiger partial charge on any atom is 0.338 e. The van der Waals surface area contributed by atoms with E-state index < -0.39 is 0 Å². The van der Waals surface area contributed by atoms with Crippen LogP contribution in [0.25, 0.3) is 0 Å². The zero-order valence-electron chi connectivity index (χ0n) is 15.7. The second-order valence-corrected chi connectivity index (χ2v) is 6.10. The highest BCUT2D eigenvalue weighted by Crippen LogP contribution is 2.23. The van der Waals surface area contributed by atoms with E-state index in [0.717, 1.165) is 24.0 Å². The van der Waals surface area contributed by atoms with E-state index in [0.29, 0.717) is 25.0 Å². The minimum atomic E-state index is -0.319. The average Bonchev–Trinajstić information content (AvgIpc) is 2.59. The van der Waals surface area contributed by atoms with Crippen molar-refractivity contribution in [2.45, 2.75) is 39.5 Å². The fraction of sp³-hybridized carbons (Fsp3) is 0.500. The summed E-state index contributed by atoms with van der Waals surface area (Å²) < 4.78 is 5.16. The van der Waals surface area contributed by atoms with Gasteiger partial charge in [0.2, 0.25) is 5.91 Å². The van der Waals surface area contributed by atoms with Crippen molar-refractivity contribution in [3.8, 4) is 0 Å². The number of benzene rings is 1. The molecular weight excluding hydrogens is 318 g/mol. The van der Waals surface area contributed by atoms with Crippen molar-refractivity contribution in [1.82, 2.24) is 5.06 Å². The summed E-state index contributed by atoms with van der Waals surface area (Å²) in [7, 11) is 3.07.